The lowest BCUT2D eigenvalue weighted by molar-refractivity contribution is -0.132. The molecule has 1 N–H and O–H groups in total. The molecule has 2 rings (SSSR count). The molecule has 116 valence electrons. The number of nitrogens with one attached hydrogen (secondary N) is 1. The summed E-state index contributed by atoms with van der Waals surface area (Å²) in [5.41, 5.74) is 0.880. The number of benzene rings is 1. The van der Waals surface area contributed by atoms with Crippen LogP contribution in [0, 0.1) is 5.92 Å². The van der Waals surface area contributed by atoms with E-state index in [9.17, 15) is 4.79 Å². The zero-order valence-corrected chi connectivity index (χ0v) is 13.3. The molecule has 0 unspecified atom stereocenters. The SMILES string of the molecule is CCOc1ccccc1N[C@H](C)C(=O)N1CCC(C)CC1. The molecule has 0 bridgehead atoms. The third kappa shape index (κ3) is 4.13. The van der Waals surface area contributed by atoms with Gasteiger partial charge >= 0.3 is 0 Å². The van der Waals surface area contributed by atoms with E-state index in [1.807, 2.05) is 43.0 Å². The van der Waals surface area contributed by atoms with Crippen LogP contribution in [0.2, 0.25) is 0 Å². The van der Waals surface area contributed by atoms with Crippen LogP contribution >= 0.6 is 0 Å². The predicted molar refractivity (Wildman–Crippen MR) is 85.7 cm³/mol. The number of ether oxygens (including phenoxy) is 1. The number of likely N-dealkylation sites (tertiary alicyclic amines) is 1. The van der Waals surface area contributed by atoms with Crippen molar-refractivity contribution in [2.24, 2.45) is 5.92 Å². The highest BCUT2D eigenvalue weighted by atomic mass is 16.5. The maximum atomic E-state index is 12.5. The molecule has 1 fully saturated rings. The molecule has 1 aromatic rings. The summed E-state index contributed by atoms with van der Waals surface area (Å²) in [4.78, 5) is 14.5. The van der Waals surface area contributed by atoms with E-state index in [1.165, 1.54) is 0 Å². The van der Waals surface area contributed by atoms with Gasteiger partial charge in [0.05, 0.1) is 12.3 Å². The van der Waals surface area contributed by atoms with Gasteiger partial charge in [0.25, 0.3) is 0 Å². The molecule has 1 aliphatic heterocycles. The third-order valence-corrected chi connectivity index (χ3v) is 4.02. The van der Waals surface area contributed by atoms with Crippen molar-refractivity contribution in [3.8, 4) is 5.75 Å². The zero-order valence-electron chi connectivity index (χ0n) is 13.3. The van der Waals surface area contributed by atoms with Crippen LogP contribution in [0.4, 0.5) is 5.69 Å². The van der Waals surface area contributed by atoms with Crippen molar-refractivity contribution in [2.75, 3.05) is 25.0 Å². The molecule has 1 amide bonds. The van der Waals surface area contributed by atoms with Crippen LogP contribution in [0.5, 0.6) is 5.75 Å². The molecule has 21 heavy (non-hydrogen) atoms. The molecular weight excluding hydrogens is 264 g/mol. The molecule has 1 heterocycles. The number of para-hydroxylation sites is 2. The van der Waals surface area contributed by atoms with Gasteiger partial charge in [-0.1, -0.05) is 19.1 Å². The van der Waals surface area contributed by atoms with Crippen molar-refractivity contribution in [2.45, 2.75) is 39.7 Å². The maximum Gasteiger partial charge on any atom is 0.244 e. The first-order chi connectivity index (χ1) is 10.1. The molecule has 0 aliphatic carbocycles. The lowest BCUT2D eigenvalue weighted by Gasteiger charge is -2.32. The number of hydrogen-bond donors (Lipinski definition) is 1. The lowest BCUT2D eigenvalue weighted by Crippen LogP contribution is -2.45. The molecule has 1 saturated heterocycles. The highest BCUT2D eigenvalue weighted by Crippen LogP contribution is 2.25. The second-order valence-electron chi connectivity index (χ2n) is 5.80. The number of carbonyl (C=O) groups excluding carboxylic acids is 1. The van der Waals surface area contributed by atoms with E-state index in [1.54, 1.807) is 0 Å². The first-order valence-corrected chi connectivity index (χ1v) is 7.89. The second kappa shape index (κ2) is 7.34. The van der Waals surface area contributed by atoms with Gasteiger partial charge in [0.1, 0.15) is 11.8 Å². The highest BCUT2D eigenvalue weighted by Gasteiger charge is 2.24. The fourth-order valence-electron chi connectivity index (χ4n) is 2.67. The number of hydrogen-bond acceptors (Lipinski definition) is 3. The Bertz CT molecular complexity index is 468. The van der Waals surface area contributed by atoms with E-state index < -0.39 is 0 Å². The van der Waals surface area contributed by atoms with Gasteiger partial charge < -0.3 is 15.0 Å². The molecular formula is C17H26N2O2. The third-order valence-electron chi connectivity index (χ3n) is 4.02. The summed E-state index contributed by atoms with van der Waals surface area (Å²) >= 11 is 0. The Labute approximate surface area is 127 Å². The van der Waals surface area contributed by atoms with Crippen LogP contribution in [0.1, 0.15) is 33.6 Å². The normalized spacial score (nSPS) is 17.4. The number of nitrogens with zero attached hydrogens (tertiary/aromatic N) is 1. The monoisotopic (exact) mass is 290 g/mol. The fraction of sp³-hybridized carbons (Fsp3) is 0.588. The minimum Gasteiger partial charge on any atom is -0.492 e. The second-order valence-corrected chi connectivity index (χ2v) is 5.80. The van der Waals surface area contributed by atoms with Crippen LogP contribution in [0.25, 0.3) is 0 Å². The number of anilines is 1. The number of carbonyl (C=O) groups is 1. The first kappa shape index (κ1) is 15.7. The summed E-state index contributed by atoms with van der Waals surface area (Å²) < 4.78 is 5.59. The number of amides is 1. The van der Waals surface area contributed by atoms with E-state index in [-0.39, 0.29) is 11.9 Å². The smallest absolute Gasteiger partial charge is 0.244 e. The van der Waals surface area contributed by atoms with Crippen molar-refractivity contribution >= 4 is 11.6 Å². The molecule has 0 radical (unpaired) electrons. The van der Waals surface area contributed by atoms with Gasteiger partial charge in [-0.15, -0.1) is 0 Å². The molecule has 0 saturated carbocycles. The number of piperidine rings is 1. The highest BCUT2D eigenvalue weighted by molar-refractivity contribution is 5.84. The van der Waals surface area contributed by atoms with Crippen molar-refractivity contribution in [3.05, 3.63) is 24.3 Å². The molecule has 0 aromatic heterocycles. The largest absolute Gasteiger partial charge is 0.492 e. The minimum absolute atomic E-state index is 0.174. The lowest BCUT2D eigenvalue weighted by atomic mass is 9.99. The van der Waals surface area contributed by atoms with Gasteiger partial charge in [-0.05, 0) is 44.7 Å². The molecule has 1 aliphatic rings. The topological polar surface area (TPSA) is 41.6 Å². The summed E-state index contributed by atoms with van der Waals surface area (Å²) in [5.74, 6) is 1.70. The Morgan fingerprint density at radius 2 is 2.05 bits per heavy atom. The van der Waals surface area contributed by atoms with Crippen LogP contribution in [-0.4, -0.2) is 36.5 Å². The molecule has 4 nitrogen and oxygen atoms in total. The summed E-state index contributed by atoms with van der Waals surface area (Å²) in [6.45, 7) is 8.49. The first-order valence-electron chi connectivity index (χ1n) is 7.89. The van der Waals surface area contributed by atoms with Gasteiger partial charge in [-0.25, -0.2) is 0 Å². The predicted octanol–water partition coefficient (Wildman–Crippen LogP) is 3.14. The van der Waals surface area contributed by atoms with Crippen LogP contribution in [-0.2, 0) is 4.79 Å². The van der Waals surface area contributed by atoms with E-state index in [4.69, 9.17) is 4.74 Å². The summed E-state index contributed by atoms with van der Waals surface area (Å²) in [6, 6.07) is 7.53. The Kier molecular flexibility index (Phi) is 5.48. The van der Waals surface area contributed by atoms with Crippen molar-refractivity contribution < 1.29 is 9.53 Å². The molecule has 1 aromatic carbocycles. The maximum absolute atomic E-state index is 12.5. The van der Waals surface area contributed by atoms with Crippen molar-refractivity contribution in [1.29, 1.82) is 0 Å². The van der Waals surface area contributed by atoms with Crippen molar-refractivity contribution in [1.82, 2.24) is 4.90 Å². The van der Waals surface area contributed by atoms with E-state index in [0.717, 1.165) is 43.3 Å². The molecule has 4 heteroatoms. The minimum atomic E-state index is -0.236. The quantitative estimate of drug-likeness (QED) is 0.906. The summed E-state index contributed by atoms with van der Waals surface area (Å²) in [7, 11) is 0. The Hall–Kier alpha value is -1.71. The van der Waals surface area contributed by atoms with Crippen LogP contribution < -0.4 is 10.1 Å². The van der Waals surface area contributed by atoms with Crippen LogP contribution in [0.15, 0.2) is 24.3 Å². The average Bonchev–Trinajstić information content (AvgIpc) is 2.49. The Balaban J connectivity index is 1.97. The van der Waals surface area contributed by atoms with E-state index in [0.29, 0.717) is 6.61 Å². The summed E-state index contributed by atoms with van der Waals surface area (Å²) in [5, 5.41) is 3.29. The van der Waals surface area contributed by atoms with Gasteiger partial charge in [0, 0.05) is 13.1 Å². The summed E-state index contributed by atoms with van der Waals surface area (Å²) in [6.07, 6.45) is 2.21. The number of rotatable bonds is 5. The Morgan fingerprint density at radius 3 is 2.71 bits per heavy atom. The molecule has 1 atom stereocenters. The average molecular weight is 290 g/mol. The van der Waals surface area contributed by atoms with E-state index >= 15 is 0 Å². The zero-order chi connectivity index (χ0) is 15.2. The van der Waals surface area contributed by atoms with Crippen molar-refractivity contribution in [3.63, 3.8) is 0 Å². The van der Waals surface area contributed by atoms with Gasteiger partial charge in [0.15, 0.2) is 0 Å². The molecule has 0 spiro atoms. The van der Waals surface area contributed by atoms with E-state index in [2.05, 4.69) is 12.2 Å². The van der Waals surface area contributed by atoms with Crippen LogP contribution in [0.3, 0.4) is 0 Å². The van der Waals surface area contributed by atoms with Gasteiger partial charge in [-0.3, -0.25) is 4.79 Å². The fourth-order valence-corrected chi connectivity index (χ4v) is 2.67. The van der Waals surface area contributed by atoms with Gasteiger partial charge in [0.2, 0.25) is 5.91 Å². The Morgan fingerprint density at radius 1 is 1.38 bits per heavy atom. The van der Waals surface area contributed by atoms with Gasteiger partial charge in [-0.2, -0.15) is 0 Å². The standard InChI is InChI=1S/C17H26N2O2/c1-4-21-16-8-6-5-7-15(16)18-14(3)17(20)19-11-9-13(2)10-12-19/h5-8,13-14,18H,4,9-12H2,1-3H3/t14-/m1/s1.